The summed E-state index contributed by atoms with van der Waals surface area (Å²) in [6.07, 6.45) is 0.839. The molecule has 1 aromatic rings. The first-order chi connectivity index (χ1) is 8.39. The molecule has 0 heterocycles. The molecule has 0 bridgehead atoms. The fourth-order valence-electron chi connectivity index (χ4n) is 1.44. The first-order valence-corrected chi connectivity index (χ1v) is 5.93. The van der Waals surface area contributed by atoms with Crippen molar-refractivity contribution >= 4 is 18.6 Å². The molecule has 18 heavy (non-hydrogen) atoms. The standard InChI is InChI=1S/C13H19BO4/c1-5-13(2,3)18-14(17-4)11-8-6-7-10(9-11)12(15)16/h6-9H,5H2,1-4H3,(H,15,16). The normalized spacial score (nSPS) is 11.3. The van der Waals surface area contributed by atoms with Crippen LogP contribution in [0.3, 0.4) is 0 Å². The summed E-state index contributed by atoms with van der Waals surface area (Å²) in [5, 5.41) is 8.96. The van der Waals surface area contributed by atoms with Crippen molar-refractivity contribution in [2.24, 2.45) is 0 Å². The van der Waals surface area contributed by atoms with Gasteiger partial charge < -0.3 is 14.4 Å². The zero-order valence-corrected chi connectivity index (χ0v) is 11.3. The average Bonchev–Trinajstić information content (AvgIpc) is 2.36. The summed E-state index contributed by atoms with van der Waals surface area (Å²) in [4.78, 5) is 10.9. The molecule has 0 saturated heterocycles. The molecule has 0 unspecified atom stereocenters. The maximum Gasteiger partial charge on any atom is 0.494 e. The van der Waals surface area contributed by atoms with Crippen LogP contribution in [0.1, 0.15) is 37.6 Å². The lowest BCUT2D eigenvalue weighted by molar-refractivity contribution is 0.0697. The average molecular weight is 250 g/mol. The van der Waals surface area contributed by atoms with Gasteiger partial charge in [-0.2, -0.15) is 0 Å². The molecule has 0 aliphatic heterocycles. The molecule has 1 aromatic carbocycles. The van der Waals surface area contributed by atoms with Gasteiger partial charge in [-0.05, 0) is 37.9 Å². The third kappa shape index (κ3) is 3.86. The van der Waals surface area contributed by atoms with E-state index in [4.69, 9.17) is 14.4 Å². The van der Waals surface area contributed by atoms with Crippen LogP contribution in [0, 0.1) is 0 Å². The van der Waals surface area contributed by atoms with Crippen molar-refractivity contribution in [1.29, 1.82) is 0 Å². The van der Waals surface area contributed by atoms with Crippen LogP contribution in [0.15, 0.2) is 24.3 Å². The van der Waals surface area contributed by atoms with Crippen molar-refractivity contribution in [3.63, 3.8) is 0 Å². The van der Waals surface area contributed by atoms with Gasteiger partial charge >= 0.3 is 13.1 Å². The number of aromatic carboxylic acids is 1. The Morgan fingerprint density at radius 1 is 1.44 bits per heavy atom. The highest BCUT2D eigenvalue weighted by Crippen LogP contribution is 2.15. The Bertz CT molecular complexity index is 417. The maximum absolute atomic E-state index is 10.9. The van der Waals surface area contributed by atoms with Crippen LogP contribution in [-0.4, -0.2) is 30.9 Å². The van der Waals surface area contributed by atoms with Gasteiger partial charge in [-0.25, -0.2) is 4.79 Å². The summed E-state index contributed by atoms with van der Waals surface area (Å²) in [6, 6.07) is 6.60. The van der Waals surface area contributed by atoms with E-state index < -0.39 is 13.1 Å². The van der Waals surface area contributed by atoms with Crippen molar-refractivity contribution in [2.45, 2.75) is 32.8 Å². The topological polar surface area (TPSA) is 55.8 Å². The molecule has 0 saturated carbocycles. The molecule has 0 aliphatic carbocycles. The summed E-state index contributed by atoms with van der Waals surface area (Å²) in [5.74, 6) is -0.957. The first-order valence-electron chi connectivity index (χ1n) is 5.93. The molecule has 0 atom stereocenters. The lowest BCUT2D eigenvalue weighted by Gasteiger charge is -2.27. The van der Waals surface area contributed by atoms with E-state index >= 15 is 0 Å². The summed E-state index contributed by atoms with van der Waals surface area (Å²) < 4.78 is 11.1. The van der Waals surface area contributed by atoms with E-state index in [1.807, 2.05) is 20.8 Å². The van der Waals surface area contributed by atoms with E-state index in [-0.39, 0.29) is 11.2 Å². The molecule has 4 nitrogen and oxygen atoms in total. The van der Waals surface area contributed by atoms with E-state index in [0.29, 0.717) is 5.46 Å². The van der Waals surface area contributed by atoms with Crippen LogP contribution in [-0.2, 0) is 9.31 Å². The van der Waals surface area contributed by atoms with Crippen LogP contribution in [0.4, 0.5) is 0 Å². The van der Waals surface area contributed by atoms with Gasteiger partial charge in [0.25, 0.3) is 0 Å². The summed E-state index contributed by atoms with van der Waals surface area (Å²) in [6.45, 7) is 5.97. The van der Waals surface area contributed by atoms with Crippen molar-refractivity contribution < 1.29 is 19.2 Å². The van der Waals surface area contributed by atoms with Crippen molar-refractivity contribution in [1.82, 2.24) is 0 Å². The minimum Gasteiger partial charge on any atom is -0.478 e. The number of hydrogen-bond acceptors (Lipinski definition) is 3. The zero-order valence-electron chi connectivity index (χ0n) is 11.3. The zero-order chi connectivity index (χ0) is 13.8. The molecule has 0 amide bonds. The molecule has 98 valence electrons. The minimum atomic E-state index is -0.957. The van der Waals surface area contributed by atoms with Gasteiger partial charge in [0.15, 0.2) is 0 Å². The lowest BCUT2D eigenvalue weighted by atomic mass is 9.77. The van der Waals surface area contributed by atoms with Crippen LogP contribution < -0.4 is 5.46 Å². The second-order valence-electron chi connectivity index (χ2n) is 4.73. The first kappa shape index (κ1) is 14.7. The van der Waals surface area contributed by atoms with Crippen LogP contribution >= 0.6 is 0 Å². The van der Waals surface area contributed by atoms with E-state index in [1.165, 1.54) is 0 Å². The third-order valence-electron chi connectivity index (χ3n) is 2.90. The van der Waals surface area contributed by atoms with Crippen molar-refractivity contribution in [3.8, 4) is 0 Å². The van der Waals surface area contributed by atoms with Gasteiger partial charge in [-0.1, -0.05) is 19.1 Å². The number of carbonyl (C=O) groups is 1. The Labute approximate surface area is 108 Å². The quantitative estimate of drug-likeness (QED) is 0.784. The Hall–Kier alpha value is -1.33. The SMILES string of the molecule is CCC(C)(C)OB(OC)c1cccc(C(=O)O)c1. The second-order valence-corrected chi connectivity index (χ2v) is 4.73. The van der Waals surface area contributed by atoms with Gasteiger partial charge in [0, 0.05) is 12.7 Å². The van der Waals surface area contributed by atoms with Crippen LogP contribution in [0.5, 0.6) is 0 Å². The van der Waals surface area contributed by atoms with Gasteiger partial charge in [0.05, 0.1) is 5.56 Å². The highest BCUT2D eigenvalue weighted by atomic mass is 16.6. The molecule has 1 rings (SSSR count). The molecular weight excluding hydrogens is 231 g/mol. The molecule has 0 spiro atoms. The third-order valence-corrected chi connectivity index (χ3v) is 2.90. The molecule has 1 N–H and O–H groups in total. The fraction of sp³-hybridized carbons (Fsp3) is 0.462. The predicted octanol–water partition coefficient (Wildman–Crippen LogP) is 1.93. The molecule has 0 radical (unpaired) electrons. The minimum absolute atomic E-state index is 0.229. The van der Waals surface area contributed by atoms with E-state index in [0.717, 1.165) is 6.42 Å². The number of carboxylic acids is 1. The van der Waals surface area contributed by atoms with Gasteiger partial charge in [0.2, 0.25) is 0 Å². The molecule has 0 fully saturated rings. The highest BCUT2D eigenvalue weighted by Gasteiger charge is 2.28. The maximum atomic E-state index is 10.9. The Balaban J connectivity index is 2.95. The highest BCUT2D eigenvalue weighted by molar-refractivity contribution is 6.61. The number of hydrogen-bond donors (Lipinski definition) is 1. The van der Waals surface area contributed by atoms with Crippen molar-refractivity contribution in [3.05, 3.63) is 29.8 Å². The number of rotatable bonds is 6. The van der Waals surface area contributed by atoms with Gasteiger partial charge in [-0.3, -0.25) is 0 Å². The van der Waals surface area contributed by atoms with E-state index in [9.17, 15) is 4.79 Å². The smallest absolute Gasteiger partial charge is 0.478 e. The fourth-order valence-corrected chi connectivity index (χ4v) is 1.44. The lowest BCUT2D eigenvalue weighted by Crippen LogP contribution is -2.43. The van der Waals surface area contributed by atoms with Crippen molar-refractivity contribution in [2.75, 3.05) is 7.11 Å². The second kappa shape index (κ2) is 6.02. The monoisotopic (exact) mass is 250 g/mol. The number of benzene rings is 1. The Kier molecular flexibility index (Phi) is 4.93. The molecule has 5 heteroatoms. The van der Waals surface area contributed by atoms with Crippen LogP contribution in [0.25, 0.3) is 0 Å². The van der Waals surface area contributed by atoms with E-state index in [2.05, 4.69) is 0 Å². The summed E-state index contributed by atoms with van der Waals surface area (Å²) in [7, 11) is 0.989. The number of carboxylic acid groups (broad SMARTS) is 1. The summed E-state index contributed by atoms with van der Waals surface area (Å²) in [5.41, 5.74) is 0.617. The van der Waals surface area contributed by atoms with Gasteiger partial charge in [0.1, 0.15) is 0 Å². The molecular formula is C13H19BO4. The summed E-state index contributed by atoms with van der Waals surface area (Å²) >= 11 is 0. The predicted molar refractivity (Wildman–Crippen MR) is 71.3 cm³/mol. The largest absolute Gasteiger partial charge is 0.494 e. The Morgan fingerprint density at radius 2 is 2.11 bits per heavy atom. The van der Waals surface area contributed by atoms with Crippen LogP contribution in [0.2, 0.25) is 0 Å². The van der Waals surface area contributed by atoms with Gasteiger partial charge in [-0.15, -0.1) is 0 Å². The Morgan fingerprint density at radius 3 is 2.61 bits per heavy atom. The molecule has 0 aromatic heterocycles. The molecule has 0 aliphatic rings. The van der Waals surface area contributed by atoms with E-state index in [1.54, 1.807) is 31.4 Å².